The average molecular weight is 280 g/mol. The van der Waals surface area contributed by atoms with Crippen molar-refractivity contribution in [3.8, 4) is 5.75 Å². The largest absolute Gasteiger partial charge is 0.492 e. The molecule has 0 radical (unpaired) electrons. The first-order chi connectivity index (χ1) is 9.63. The van der Waals surface area contributed by atoms with Crippen LogP contribution in [0.5, 0.6) is 5.75 Å². The molecule has 2 amide bonds. The van der Waals surface area contributed by atoms with E-state index in [1.165, 1.54) is 0 Å². The summed E-state index contributed by atoms with van der Waals surface area (Å²) >= 11 is 0. The van der Waals surface area contributed by atoms with E-state index in [2.05, 4.69) is 10.6 Å². The van der Waals surface area contributed by atoms with Crippen LogP contribution in [0.1, 0.15) is 19.8 Å². The maximum Gasteiger partial charge on any atom is 0.326 e. The number of hydrogen-bond donors (Lipinski definition) is 3. The number of carbonyl (C=O) groups is 2. The van der Waals surface area contributed by atoms with Crippen LogP contribution in [0.15, 0.2) is 30.3 Å². The van der Waals surface area contributed by atoms with E-state index in [1.54, 1.807) is 0 Å². The number of hydrogen-bond acceptors (Lipinski definition) is 3. The number of carboxylic acids is 1. The summed E-state index contributed by atoms with van der Waals surface area (Å²) in [4.78, 5) is 22.4. The zero-order valence-corrected chi connectivity index (χ0v) is 11.5. The van der Waals surface area contributed by atoms with E-state index in [0.29, 0.717) is 26.0 Å². The van der Waals surface area contributed by atoms with Crippen LogP contribution in [0.2, 0.25) is 0 Å². The van der Waals surface area contributed by atoms with Gasteiger partial charge in [0.05, 0.1) is 6.54 Å². The molecule has 0 saturated carbocycles. The van der Waals surface area contributed by atoms with Crippen LogP contribution in [0.4, 0.5) is 4.79 Å². The second-order valence-corrected chi connectivity index (χ2v) is 4.24. The van der Waals surface area contributed by atoms with Crippen LogP contribution in [0.3, 0.4) is 0 Å². The Labute approximate surface area is 118 Å². The summed E-state index contributed by atoms with van der Waals surface area (Å²) in [5.74, 6) is -0.299. The highest BCUT2D eigenvalue weighted by molar-refractivity contribution is 5.82. The first-order valence-electron chi connectivity index (χ1n) is 6.58. The Hall–Kier alpha value is -2.24. The molecule has 0 spiro atoms. The highest BCUT2D eigenvalue weighted by atomic mass is 16.5. The SMILES string of the molecule is CCC[C@@H](NC(=O)NCCOc1ccccc1)C(=O)O. The molecule has 0 fully saturated rings. The maximum absolute atomic E-state index is 11.5. The number of benzene rings is 1. The maximum atomic E-state index is 11.5. The van der Waals surface area contributed by atoms with Gasteiger partial charge in [-0.2, -0.15) is 0 Å². The average Bonchev–Trinajstić information content (AvgIpc) is 2.44. The number of carboxylic acid groups (broad SMARTS) is 1. The van der Waals surface area contributed by atoms with Crippen molar-refractivity contribution < 1.29 is 19.4 Å². The molecule has 0 unspecified atom stereocenters. The summed E-state index contributed by atoms with van der Waals surface area (Å²) in [6.45, 7) is 2.49. The fraction of sp³-hybridized carbons (Fsp3) is 0.429. The summed E-state index contributed by atoms with van der Waals surface area (Å²) in [6, 6.07) is 7.90. The number of carbonyl (C=O) groups excluding carboxylic acids is 1. The van der Waals surface area contributed by atoms with Gasteiger partial charge in [0.1, 0.15) is 18.4 Å². The van der Waals surface area contributed by atoms with E-state index in [0.717, 1.165) is 5.75 Å². The van der Waals surface area contributed by atoms with Crippen molar-refractivity contribution in [2.24, 2.45) is 0 Å². The van der Waals surface area contributed by atoms with Crippen molar-refractivity contribution in [1.82, 2.24) is 10.6 Å². The summed E-state index contributed by atoms with van der Waals surface area (Å²) < 4.78 is 5.40. The Balaban J connectivity index is 2.21. The van der Waals surface area contributed by atoms with E-state index >= 15 is 0 Å². The topological polar surface area (TPSA) is 87.7 Å². The van der Waals surface area contributed by atoms with Gasteiger partial charge in [-0.05, 0) is 18.6 Å². The fourth-order valence-corrected chi connectivity index (χ4v) is 1.61. The van der Waals surface area contributed by atoms with Gasteiger partial charge in [-0.1, -0.05) is 31.5 Å². The zero-order valence-electron chi connectivity index (χ0n) is 11.5. The zero-order chi connectivity index (χ0) is 14.8. The summed E-state index contributed by atoms with van der Waals surface area (Å²) in [6.07, 6.45) is 1.09. The molecule has 0 aromatic heterocycles. The van der Waals surface area contributed by atoms with Crippen LogP contribution in [-0.4, -0.2) is 36.3 Å². The molecule has 0 aliphatic rings. The first kappa shape index (κ1) is 15.8. The number of rotatable bonds is 8. The van der Waals surface area contributed by atoms with Crippen molar-refractivity contribution >= 4 is 12.0 Å². The first-order valence-corrected chi connectivity index (χ1v) is 6.58. The second kappa shape index (κ2) is 8.79. The third-order valence-electron chi connectivity index (χ3n) is 2.58. The molecule has 0 heterocycles. The number of amides is 2. The third kappa shape index (κ3) is 6.08. The summed E-state index contributed by atoms with van der Waals surface area (Å²) in [5, 5.41) is 13.9. The fourth-order valence-electron chi connectivity index (χ4n) is 1.61. The van der Waals surface area contributed by atoms with E-state index in [4.69, 9.17) is 9.84 Å². The van der Waals surface area contributed by atoms with Crippen LogP contribution in [-0.2, 0) is 4.79 Å². The molecular weight excluding hydrogens is 260 g/mol. The normalized spacial score (nSPS) is 11.4. The van der Waals surface area contributed by atoms with Crippen molar-refractivity contribution in [3.05, 3.63) is 30.3 Å². The van der Waals surface area contributed by atoms with E-state index in [1.807, 2.05) is 37.3 Å². The third-order valence-corrected chi connectivity index (χ3v) is 2.58. The Kier molecular flexibility index (Phi) is 6.95. The molecule has 1 aromatic rings. The molecule has 0 aliphatic carbocycles. The van der Waals surface area contributed by atoms with Crippen molar-refractivity contribution in [2.75, 3.05) is 13.2 Å². The van der Waals surface area contributed by atoms with Gasteiger partial charge in [-0.25, -0.2) is 9.59 Å². The molecule has 110 valence electrons. The molecule has 6 nitrogen and oxygen atoms in total. The number of nitrogens with one attached hydrogen (secondary N) is 2. The van der Waals surface area contributed by atoms with Gasteiger partial charge in [0, 0.05) is 0 Å². The number of para-hydroxylation sites is 1. The lowest BCUT2D eigenvalue weighted by molar-refractivity contribution is -0.139. The molecule has 0 bridgehead atoms. The predicted molar refractivity (Wildman–Crippen MR) is 74.8 cm³/mol. The molecule has 0 saturated heterocycles. The minimum Gasteiger partial charge on any atom is -0.492 e. The highest BCUT2D eigenvalue weighted by Crippen LogP contribution is 2.07. The van der Waals surface area contributed by atoms with Gasteiger partial charge in [0.2, 0.25) is 0 Å². The predicted octanol–water partition coefficient (Wildman–Crippen LogP) is 1.62. The Bertz CT molecular complexity index is 422. The van der Waals surface area contributed by atoms with Crippen LogP contribution in [0, 0.1) is 0 Å². The number of aliphatic carboxylic acids is 1. The minimum atomic E-state index is -1.03. The lowest BCUT2D eigenvalue weighted by atomic mass is 10.2. The van der Waals surface area contributed by atoms with E-state index < -0.39 is 18.0 Å². The molecule has 0 aliphatic heterocycles. The van der Waals surface area contributed by atoms with Gasteiger partial charge in [0.15, 0.2) is 0 Å². The lowest BCUT2D eigenvalue weighted by Crippen LogP contribution is -2.46. The van der Waals surface area contributed by atoms with Gasteiger partial charge in [-0.15, -0.1) is 0 Å². The highest BCUT2D eigenvalue weighted by Gasteiger charge is 2.18. The van der Waals surface area contributed by atoms with E-state index in [9.17, 15) is 9.59 Å². The minimum absolute atomic E-state index is 0.305. The molecule has 6 heteroatoms. The van der Waals surface area contributed by atoms with Crippen LogP contribution >= 0.6 is 0 Å². The van der Waals surface area contributed by atoms with Gasteiger partial charge in [-0.3, -0.25) is 0 Å². The standard InChI is InChI=1S/C14H20N2O4/c1-2-6-12(13(17)18)16-14(19)15-9-10-20-11-7-4-3-5-8-11/h3-5,7-8,12H,2,6,9-10H2,1H3,(H,17,18)(H2,15,16,19)/t12-/m1/s1. The summed E-state index contributed by atoms with van der Waals surface area (Å²) in [7, 11) is 0. The Morgan fingerprint density at radius 1 is 1.30 bits per heavy atom. The molecule has 1 atom stereocenters. The lowest BCUT2D eigenvalue weighted by Gasteiger charge is -2.14. The molecule has 1 rings (SSSR count). The molecule has 20 heavy (non-hydrogen) atoms. The van der Waals surface area contributed by atoms with Crippen molar-refractivity contribution in [3.63, 3.8) is 0 Å². The number of ether oxygens (including phenoxy) is 1. The van der Waals surface area contributed by atoms with E-state index in [-0.39, 0.29) is 0 Å². The summed E-state index contributed by atoms with van der Waals surface area (Å²) in [5.41, 5.74) is 0. The van der Waals surface area contributed by atoms with Crippen LogP contribution in [0.25, 0.3) is 0 Å². The molecule has 3 N–H and O–H groups in total. The Morgan fingerprint density at radius 2 is 2.00 bits per heavy atom. The molecule has 1 aromatic carbocycles. The van der Waals surface area contributed by atoms with Gasteiger partial charge >= 0.3 is 12.0 Å². The van der Waals surface area contributed by atoms with Crippen molar-refractivity contribution in [2.45, 2.75) is 25.8 Å². The van der Waals surface area contributed by atoms with Crippen molar-refractivity contribution in [1.29, 1.82) is 0 Å². The van der Waals surface area contributed by atoms with Gasteiger partial charge < -0.3 is 20.5 Å². The van der Waals surface area contributed by atoms with Gasteiger partial charge in [0.25, 0.3) is 0 Å². The smallest absolute Gasteiger partial charge is 0.326 e. The quantitative estimate of drug-likeness (QED) is 0.631. The monoisotopic (exact) mass is 280 g/mol. The second-order valence-electron chi connectivity index (χ2n) is 4.24. The Morgan fingerprint density at radius 3 is 2.60 bits per heavy atom. The molecular formula is C14H20N2O4. The van der Waals surface area contributed by atoms with Crippen LogP contribution < -0.4 is 15.4 Å². The number of urea groups is 1.